The second-order valence-corrected chi connectivity index (χ2v) is 6.19. The maximum Gasteiger partial charge on any atom is 0.0125 e. The number of nitrogens with one attached hydrogen (secondary N) is 1. The molecular formula is C13H26N2. The summed E-state index contributed by atoms with van der Waals surface area (Å²) in [5, 5.41) is 3.73. The molecule has 2 nitrogen and oxygen atoms in total. The molecule has 2 heteroatoms. The molecule has 0 heterocycles. The van der Waals surface area contributed by atoms with Crippen molar-refractivity contribution in [1.29, 1.82) is 0 Å². The van der Waals surface area contributed by atoms with Crippen LogP contribution in [0.1, 0.15) is 46.0 Å². The summed E-state index contributed by atoms with van der Waals surface area (Å²) in [5.74, 6) is 1.63. The van der Waals surface area contributed by atoms with Gasteiger partial charge in [-0.25, -0.2) is 0 Å². The highest BCUT2D eigenvalue weighted by molar-refractivity contribution is 5.01. The summed E-state index contributed by atoms with van der Waals surface area (Å²) < 4.78 is 0. The molecule has 0 aromatic heterocycles. The number of hydrogen-bond donors (Lipinski definition) is 2. The van der Waals surface area contributed by atoms with Crippen LogP contribution >= 0.6 is 0 Å². The molecular weight excluding hydrogens is 184 g/mol. The highest BCUT2D eigenvalue weighted by Gasteiger charge is 2.45. The van der Waals surface area contributed by atoms with Crippen LogP contribution in [-0.2, 0) is 0 Å². The van der Waals surface area contributed by atoms with Crippen LogP contribution in [0.5, 0.6) is 0 Å². The zero-order valence-corrected chi connectivity index (χ0v) is 10.3. The van der Waals surface area contributed by atoms with E-state index < -0.39 is 0 Å². The minimum atomic E-state index is 0.562. The van der Waals surface area contributed by atoms with Crippen LogP contribution in [0.25, 0.3) is 0 Å². The van der Waals surface area contributed by atoms with Crippen LogP contribution in [-0.4, -0.2) is 19.1 Å². The first kappa shape index (κ1) is 11.4. The molecule has 2 rings (SSSR count). The van der Waals surface area contributed by atoms with E-state index in [9.17, 15) is 0 Å². The van der Waals surface area contributed by atoms with Crippen LogP contribution < -0.4 is 11.1 Å². The van der Waals surface area contributed by atoms with Gasteiger partial charge in [0.15, 0.2) is 0 Å². The minimum Gasteiger partial charge on any atom is -0.330 e. The molecule has 3 unspecified atom stereocenters. The number of hydrogen-bond acceptors (Lipinski definition) is 2. The van der Waals surface area contributed by atoms with E-state index in [0.717, 1.165) is 24.4 Å². The lowest BCUT2D eigenvalue weighted by atomic mass is 9.79. The molecule has 0 amide bonds. The SMILES string of the molecule is CC1(C)CC1NCC1CCCCC1CN. The van der Waals surface area contributed by atoms with Crippen molar-refractivity contribution in [2.45, 2.75) is 52.0 Å². The summed E-state index contributed by atoms with van der Waals surface area (Å²) in [4.78, 5) is 0. The monoisotopic (exact) mass is 210 g/mol. The Morgan fingerprint density at radius 3 is 2.33 bits per heavy atom. The zero-order chi connectivity index (χ0) is 10.9. The molecule has 0 radical (unpaired) electrons. The third kappa shape index (κ3) is 2.73. The number of nitrogens with two attached hydrogens (primary N) is 1. The summed E-state index contributed by atoms with van der Waals surface area (Å²) in [6.07, 6.45) is 6.91. The van der Waals surface area contributed by atoms with Gasteiger partial charge in [0.1, 0.15) is 0 Å². The fraction of sp³-hybridized carbons (Fsp3) is 1.00. The molecule has 15 heavy (non-hydrogen) atoms. The average molecular weight is 210 g/mol. The summed E-state index contributed by atoms with van der Waals surface area (Å²) in [7, 11) is 0. The van der Waals surface area contributed by atoms with Crippen molar-refractivity contribution in [2.75, 3.05) is 13.1 Å². The lowest BCUT2D eigenvalue weighted by molar-refractivity contribution is 0.233. The van der Waals surface area contributed by atoms with Crippen molar-refractivity contribution in [3.8, 4) is 0 Å². The summed E-state index contributed by atoms with van der Waals surface area (Å²) in [6, 6.07) is 0.776. The van der Waals surface area contributed by atoms with Crippen LogP contribution in [0.2, 0.25) is 0 Å². The highest BCUT2D eigenvalue weighted by Crippen LogP contribution is 2.44. The standard InChI is InChI=1S/C13H26N2/c1-13(2)7-12(13)15-9-11-6-4-3-5-10(11)8-14/h10-12,15H,3-9,14H2,1-2H3. The molecule has 2 saturated carbocycles. The highest BCUT2D eigenvalue weighted by atomic mass is 15.0. The van der Waals surface area contributed by atoms with Crippen LogP contribution in [0.15, 0.2) is 0 Å². The van der Waals surface area contributed by atoms with E-state index in [2.05, 4.69) is 19.2 Å². The molecule has 2 fully saturated rings. The van der Waals surface area contributed by atoms with Gasteiger partial charge in [0, 0.05) is 6.04 Å². The maximum atomic E-state index is 5.84. The van der Waals surface area contributed by atoms with Gasteiger partial charge < -0.3 is 11.1 Å². The van der Waals surface area contributed by atoms with Gasteiger partial charge in [-0.2, -0.15) is 0 Å². The molecule has 0 saturated heterocycles. The summed E-state index contributed by atoms with van der Waals surface area (Å²) in [5.41, 5.74) is 6.40. The quantitative estimate of drug-likeness (QED) is 0.746. The Morgan fingerprint density at radius 1 is 1.20 bits per heavy atom. The molecule has 0 spiro atoms. The fourth-order valence-electron chi connectivity index (χ4n) is 2.97. The Labute approximate surface area is 94.0 Å². The van der Waals surface area contributed by atoms with Gasteiger partial charge in [-0.05, 0) is 49.6 Å². The molecule has 2 aliphatic rings. The Balaban J connectivity index is 1.73. The maximum absolute atomic E-state index is 5.84. The Bertz CT molecular complexity index is 213. The first-order chi connectivity index (χ1) is 7.13. The largest absolute Gasteiger partial charge is 0.330 e. The predicted molar refractivity (Wildman–Crippen MR) is 64.7 cm³/mol. The third-order valence-electron chi connectivity index (χ3n) is 4.51. The molecule has 0 aromatic carbocycles. The zero-order valence-electron chi connectivity index (χ0n) is 10.3. The molecule has 0 aliphatic heterocycles. The Kier molecular flexibility index (Phi) is 3.36. The first-order valence-electron chi connectivity index (χ1n) is 6.57. The Hall–Kier alpha value is -0.0800. The van der Waals surface area contributed by atoms with E-state index in [1.165, 1.54) is 38.6 Å². The lowest BCUT2D eigenvalue weighted by Crippen LogP contribution is -2.36. The number of rotatable bonds is 4. The predicted octanol–water partition coefficient (Wildman–Crippen LogP) is 2.14. The summed E-state index contributed by atoms with van der Waals surface area (Å²) >= 11 is 0. The van der Waals surface area contributed by atoms with E-state index in [1.807, 2.05) is 0 Å². The molecule has 88 valence electrons. The molecule has 3 atom stereocenters. The van der Waals surface area contributed by atoms with Crippen molar-refractivity contribution >= 4 is 0 Å². The second kappa shape index (κ2) is 4.42. The molecule has 3 N–H and O–H groups in total. The molecule has 0 aromatic rings. The van der Waals surface area contributed by atoms with Crippen molar-refractivity contribution in [3.63, 3.8) is 0 Å². The normalized spacial score (nSPS) is 39.0. The second-order valence-electron chi connectivity index (χ2n) is 6.19. The topological polar surface area (TPSA) is 38.0 Å². The van der Waals surface area contributed by atoms with Crippen molar-refractivity contribution < 1.29 is 0 Å². The molecule has 2 aliphatic carbocycles. The van der Waals surface area contributed by atoms with Gasteiger partial charge in [0.2, 0.25) is 0 Å². The van der Waals surface area contributed by atoms with Gasteiger partial charge in [0.05, 0.1) is 0 Å². The fourth-order valence-corrected chi connectivity index (χ4v) is 2.97. The van der Waals surface area contributed by atoms with E-state index in [0.29, 0.717) is 5.41 Å². The third-order valence-corrected chi connectivity index (χ3v) is 4.51. The Morgan fingerprint density at radius 2 is 1.80 bits per heavy atom. The van der Waals surface area contributed by atoms with Crippen molar-refractivity contribution in [2.24, 2.45) is 23.0 Å². The van der Waals surface area contributed by atoms with Gasteiger partial charge in [-0.15, -0.1) is 0 Å². The molecule has 0 bridgehead atoms. The van der Waals surface area contributed by atoms with Crippen LogP contribution in [0.3, 0.4) is 0 Å². The van der Waals surface area contributed by atoms with E-state index in [1.54, 1.807) is 0 Å². The van der Waals surface area contributed by atoms with Crippen molar-refractivity contribution in [1.82, 2.24) is 5.32 Å². The smallest absolute Gasteiger partial charge is 0.0125 e. The minimum absolute atomic E-state index is 0.562. The van der Waals surface area contributed by atoms with Crippen LogP contribution in [0, 0.1) is 17.3 Å². The van der Waals surface area contributed by atoms with E-state index >= 15 is 0 Å². The van der Waals surface area contributed by atoms with E-state index in [4.69, 9.17) is 5.73 Å². The lowest BCUT2D eigenvalue weighted by Gasteiger charge is -2.31. The van der Waals surface area contributed by atoms with Gasteiger partial charge in [0.25, 0.3) is 0 Å². The first-order valence-corrected chi connectivity index (χ1v) is 6.57. The van der Waals surface area contributed by atoms with Crippen molar-refractivity contribution in [3.05, 3.63) is 0 Å². The van der Waals surface area contributed by atoms with E-state index in [-0.39, 0.29) is 0 Å². The summed E-state index contributed by atoms with van der Waals surface area (Å²) in [6.45, 7) is 6.80. The van der Waals surface area contributed by atoms with Crippen LogP contribution in [0.4, 0.5) is 0 Å². The van der Waals surface area contributed by atoms with Gasteiger partial charge >= 0.3 is 0 Å². The average Bonchev–Trinajstić information content (AvgIpc) is 2.84. The van der Waals surface area contributed by atoms with Gasteiger partial charge in [-0.1, -0.05) is 26.7 Å². The van der Waals surface area contributed by atoms with Gasteiger partial charge in [-0.3, -0.25) is 0 Å².